The molecule has 7 heteroatoms. The normalized spacial score (nSPS) is 17.5. The Kier molecular flexibility index (Phi) is 3.85. The zero-order chi connectivity index (χ0) is 16.6. The first-order valence-electron chi connectivity index (χ1n) is 7.38. The molecule has 1 aromatic heterocycles. The van der Waals surface area contributed by atoms with Crippen molar-refractivity contribution in [3.63, 3.8) is 0 Å². The smallest absolute Gasteiger partial charge is 0.360 e. The number of nitrogens with zero attached hydrogens (tertiary/aromatic N) is 2. The molecule has 2 aromatic rings. The molecule has 1 aliphatic heterocycles. The van der Waals surface area contributed by atoms with Gasteiger partial charge in [-0.05, 0) is 19.9 Å². The van der Waals surface area contributed by atoms with Gasteiger partial charge in [0.25, 0.3) is 5.56 Å². The molecule has 0 bridgehead atoms. The first-order chi connectivity index (χ1) is 11.0. The highest BCUT2D eigenvalue weighted by atomic mass is 16.6. The Hall–Kier alpha value is -2.70. The summed E-state index contributed by atoms with van der Waals surface area (Å²) in [6, 6.07) is 6.49. The fraction of sp³-hybridized carbons (Fsp3) is 0.375. The molecule has 2 heterocycles. The van der Waals surface area contributed by atoms with E-state index in [1.165, 1.54) is 4.68 Å². The topological polar surface area (TPSA) is 87.5 Å². The van der Waals surface area contributed by atoms with Crippen LogP contribution in [0.25, 0.3) is 10.8 Å². The molecule has 0 aliphatic carbocycles. The van der Waals surface area contributed by atoms with Gasteiger partial charge in [0.05, 0.1) is 18.0 Å². The van der Waals surface area contributed by atoms with E-state index >= 15 is 0 Å². The summed E-state index contributed by atoms with van der Waals surface area (Å²) in [5.41, 5.74) is -0.249. The summed E-state index contributed by atoms with van der Waals surface area (Å²) in [7, 11) is 0. The summed E-state index contributed by atoms with van der Waals surface area (Å²) in [6.45, 7) is 3.83. The van der Waals surface area contributed by atoms with Crippen molar-refractivity contribution in [2.45, 2.75) is 32.4 Å². The summed E-state index contributed by atoms with van der Waals surface area (Å²) in [5.74, 6) is -1.29. The Morgan fingerprint density at radius 2 is 2.00 bits per heavy atom. The van der Waals surface area contributed by atoms with Crippen LogP contribution in [0, 0.1) is 0 Å². The standard InChI is InChI=1S/C16H16N2O5/c1-9(2)18-14(19)11-6-4-3-5-10(11)13(17-18)16(21)23-12-7-8-22-15(12)20/h3-6,9,12H,7-8H2,1-2H3/t12-/m0/s1. The Balaban J connectivity index is 2.09. The molecule has 1 saturated heterocycles. The third-order valence-electron chi connectivity index (χ3n) is 3.65. The van der Waals surface area contributed by atoms with Gasteiger partial charge >= 0.3 is 11.9 Å². The van der Waals surface area contributed by atoms with Crippen molar-refractivity contribution in [1.82, 2.24) is 9.78 Å². The van der Waals surface area contributed by atoms with Gasteiger partial charge in [0.15, 0.2) is 5.69 Å². The Morgan fingerprint density at radius 3 is 2.61 bits per heavy atom. The van der Waals surface area contributed by atoms with Crippen LogP contribution in [0.2, 0.25) is 0 Å². The van der Waals surface area contributed by atoms with Crippen LogP contribution in [0.3, 0.4) is 0 Å². The zero-order valence-electron chi connectivity index (χ0n) is 12.8. The quantitative estimate of drug-likeness (QED) is 0.797. The SMILES string of the molecule is CC(C)n1nc(C(=O)O[C@H]2CCOC2=O)c2ccccc2c1=O. The lowest BCUT2D eigenvalue weighted by Gasteiger charge is -2.14. The molecule has 3 rings (SSSR count). The zero-order valence-corrected chi connectivity index (χ0v) is 12.8. The number of aromatic nitrogens is 2. The van der Waals surface area contributed by atoms with E-state index in [2.05, 4.69) is 5.10 Å². The maximum Gasteiger partial charge on any atom is 0.360 e. The predicted molar refractivity (Wildman–Crippen MR) is 81.2 cm³/mol. The molecule has 0 radical (unpaired) electrons. The van der Waals surface area contributed by atoms with E-state index in [1.54, 1.807) is 38.1 Å². The van der Waals surface area contributed by atoms with Crippen molar-refractivity contribution in [2.75, 3.05) is 6.61 Å². The number of ether oxygens (including phenoxy) is 2. The van der Waals surface area contributed by atoms with Crippen LogP contribution in [-0.2, 0) is 14.3 Å². The summed E-state index contributed by atoms with van der Waals surface area (Å²) < 4.78 is 11.2. The molecule has 0 unspecified atom stereocenters. The third kappa shape index (κ3) is 2.69. The molecule has 0 spiro atoms. The van der Waals surface area contributed by atoms with Crippen LogP contribution in [-0.4, -0.2) is 34.4 Å². The van der Waals surface area contributed by atoms with E-state index in [0.29, 0.717) is 17.2 Å². The van der Waals surface area contributed by atoms with Crippen LogP contribution in [0.4, 0.5) is 0 Å². The molecule has 1 atom stereocenters. The fourth-order valence-electron chi connectivity index (χ4n) is 2.48. The van der Waals surface area contributed by atoms with E-state index in [0.717, 1.165) is 0 Å². The van der Waals surface area contributed by atoms with Gasteiger partial charge in [-0.25, -0.2) is 14.3 Å². The molecule has 7 nitrogen and oxygen atoms in total. The molecular weight excluding hydrogens is 300 g/mol. The van der Waals surface area contributed by atoms with Gasteiger partial charge < -0.3 is 9.47 Å². The van der Waals surface area contributed by atoms with E-state index in [9.17, 15) is 14.4 Å². The highest BCUT2D eigenvalue weighted by Crippen LogP contribution is 2.18. The van der Waals surface area contributed by atoms with E-state index in [1.807, 2.05) is 0 Å². The van der Waals surface area contributed by atoms with Crippen LogP contribution in [0.1, 0.15) is 36.8 Å². The van der Waals surface area contributed by atoms with Crippen LogP contribution in [0.5, 0.6) is 0 Å². The lowest BCUT2D eigenvalue weighted by Crippen LogP contribution is -2.29. The number of carbonyl (C=O) groups excluding carboxylic acids is 2. The molecular formula is C16H16N2O5. The number of benzene rings is 1. The average Bonchev–Trinajstić information content (AvgIpc) is 2.92. The second kappa shape index (κ2) is 5.83. The lowest BCUT2D eigenvalue weighted by atomic mass is 10.1. The van der Waals surface area contributed by atoms with Crippen molar-refractivity contribution in [2.24, 2.45) is 0 Å². The van der Waals surface area contributed by atoms with Gasteiger partial charge in [-0.3, -0.25) is 4.79 Å². The molecule has 1 fully saturated rings. The monoisotopic (exact) mass is 316 g/mol. The Bertz CT molecular complexity index is 840. The minimum Gasteiger partial charge on any atom is -0.463 e. The highest BCUT2D eigenvalue weighted by Gasteiger charge is 2.32. The minimum absolute atomic E-state index is 0.0219. The fourth-order valence-corrected chi connectivity index (χ4v) is 2.48. The first kappa shape index (κ1) is 15.2. The van der Waals surface area contributed by atoms with Crippen molar-refractivity contribution in [3.05, 3.63) is 40.3 Å². The van der Waals surface area contributed by atoms with Crippen LogP contribution < -0.4 is 5.56 Å². The van der Waals surface area contributed by atoms with Crippen molar-refractivity contribution < 1.29 is 19.1 Å². The van der Waals surface area contributed by atoms with Crippen LogP contribution in [0.15, 0.2) is 29.1 Å². The molecule has 1 aromatic carbocycles. The van der Waals surface area contributed by atoms with Gasteiger partial charge in [-0.1, -0.05) is 18.2 Å². The maximum atomic E-state index is 12.4. The Morgan fingerprint density at radius 1 is 1.30 bits per heavy atom. The Labute approximate surface area is 131 Å². The second-order valence-electron chi connectivity index (χ2n) is 5.59. The van der Waals surface area contributed by atoms with Crippen molar-refractivity contribution >= 4 is 22.7 Å². The molecule has 0 saturated carbocycles. The van der Waals surface area contributed by atoms with Gasteiger partial charge in [-0.15, -0.1) is 0 Å². The third-order valence-corrected chi connectivity index (χ3v) is 3.65. The molecule has 0 N–H and O–H groups in total. The molecule has 0 amide bonds. The highest BCUT2D eigenvalue weighted by molar-refractivity contribution is 6.02. The number of hydrogen-bond donors (Lipinski definition) is 0. The van der Waals surface area contributed by atoms with Crippen molar-refractivity contribution in [1.29, 1.82) is 0 Å². The van der Waals surface area contributed by atoms with Gasteiger partial charge in [0.2, 0.25) is 6.10 Å². The maximum absolute atomic E-state index is 12.4. The first-order valence-corrected chi connectivity index (χ1v) is 7.38. The van der Waals surface area contributed by atoms with Crippen LogP contribution >= 0.6 is 0 Å². The van der Waals surface area contributed by atoms with E-state index in [4.69, 9.17) is 9.47 Å². The number of cyclic esters (lactones) is 1. The number of rotatable bonds is 3. The number of esters is 2. The second-order valence-corrected chi connectivity index (χ2v) is 5.59. The molecule has 1 aliphatic rings. The lowest BCUT2D eigenvalue weighted by molar-refractivity contribution is -0.145. The van der Waals surface area contributed by atoms with E-state index in [-0.39, 0.29) is 23.9 Å². The van der Waals surface area contributed by atoms with Crippen molar-refractivity contribution in [3.8, 4) is 0 Å². The summed E-state index contributed by atoms with van der Waals surface area (Å²) in [6.07, 6.45) is -0.589. The number of fused-ring (bicyclic) bond motifs is 1. The molecule has 23 heavy (non-hydrogen) atoms. The predicted octanol–water partition coefficient (Wildman–Crippen LogP) is 1.45. The van der Waals surface area contributed by atoms with Gasteiger partial charge in [-0.2, -0.15) is 5.10 Å². The average molecular weight is 316 g/mol. The summed E-state index contributed by atoms with van der Waals surface area (Å²) in [5, 5.41) is 4.94. The summed E-state index contributed by atoms with van der Waals surface area (Å²) >= 11 is 0. The number of hydrogen-bond acceptors (Lipinski definition) is 6. The largest absolute Gasteiger partial charge is 0.463 e. The summed E-state index contributed by atoms with van der Waals surface area (Å²) in [4.78, 5) is 36.3. The number of carbonyl (C=O) groups is 2. The van der Waals surface area contributed by atoms with E-state index < -0.39 is 18.0 Å². The van der Waals surface area contributed by atoms with Gasteiger partial charge in [0, 0.05) is 11.8 Å². The minimum atomic E-state index is -0.914. The van der Waals surface area contributed by atoms with Gasteiger partial charge in [0.1, 0.15) is 0 Å². The molecule has 120 valence electrons.